The molecule has 0 atom stereocenters. The average Bonchev–Trinajstić information content (AvgIpc) is 2.67. The Morgan fingerprint density at radius 3 is 2.56 bits per heavy atom. The summed E-state index contributed by atoms with van der Waals surface area (Å²) < 4.78 is 10.9. The third-order valence-electron chi connectivity index (χ3n) is 4.02. The number of aromatic nitrogens is 2. The van der Waals surface area contributed by atoms with Crippen molar-refractivity contribution < 1.29 is 19.1 Å². The van der Waals surface area contributed by atoms with Crippen LogP contribution in [0.2, 0.25) is 0 Å². The molecule has 1 aromatic heterocycles. The van der Waals surface area contributed by atoms with Crippen LogP contribution in [-0.4, -0.2) is 28.6 Å². The highest BCUT2D eigenvalue weighted by molar-refractivity contribution is 6.02. The highest BCUT2D eigenvalue weighted by atomic mass is 16.5. The van der Waals surface area contributed by atoms with Gasteiger partial charge in [-0.3, -0.25) is 9.59 Å². The lowest BCUT2D eigenvalue weighted by molar-refractivity contribution is 0.0464. The fourth-order valence-corrected chi connectivity index (χ4v) is 2.69. The second-order valence-electron chi connectivity index (χ2n) is 5.83. The number of aromatic amines is 1. The van der Waals surface area contributed by atoms with Crippen molar-refractivity contribution in [2.75, 3.05) is 6.61 Å². The zero-order chi connectivity index (χ0) is 19.4. The van der Waals surface area contributed by atoms with E-state index in [-0.39, 0.29) is 23.6 Å². The number of rotatable bonds is 6. The molecule has 1 N–H and O–H groups in total. The van der Waals surface area contributed by atoms with Crippen molar-refractivity contribution in [3.05, 3.63) is 69.6 Å². The minimum absolute atomic E-state index is 0.0193. The molecule has 27 heavy (non-hydrogen) atoms. The minimum atomic E-state index is -0.682. The summed E-state index contributed by atoms with van der Waals surface area (Å²) >= 11 is 0. The number of Topliss-reactive ketones (excluding diaryl/α,β-unsaturated/α-hetero) is 1. The van der Waals surface area contributed by atoms with E-state index in [1.807, 2.05) is 6.92 Å². The van der Waals surface area contributed by atoms with Gasteiger partial charge in [-0.15, -0.1) is 0 Å². The summed E-state index contributed by atoms with van der Waals surface area (Å²) in [5.41, 5.74) is 0.713. The molecule has 0 saturated carbocycles. The van der Waals surface area contributed by atoms with Gasteiger partial charge in [0.05, 0.1) is 12.0 Å². The summed E-state index contributed by atoms with van der Waals surface area (Å²) in [4.78, 5) is 36.0. The van der Waals surface area contributed by atoms with Crippen LogP contribution in [0, 0.1) is 0 Å². The molecule has 0 spiro atoms. The van der Waals surface area contributed by atoms with Crippen LogP contribution in [-0.2, 0) is 11.3 Å². The van der Waals surface area contributed by atoms with Crippen molar-refractivity contribution >= 4 is 22.5 Å². The van der Waals surface area contributed by atoms with E-state index in [1.165, 1.54) is 6.92 Å². The fraction of sp³-hybridized carbons (Fsp3) is 0.200. The van der Waals surface area contributed by atoms with E-state index >= 15 is 0 Å². The Bertz CT molecular complexity index is 1070. The maximum absolute atomic E-state index is 12.5. The molecule has 2 aromatic carbocycles. The number of H-pyrrole nitrogens is 1. The Morgan fingerprint density at radius 2 is 1.85 bits per heavy atom. The van der Waals surface area contributed by atoms with Crippen LogP contribution >= 0.6 is 0 Å². The second kappa shape index (κ2) is 7.82. The van der Waals surface area contributed by atoms with Crippen molar-refractivity contribution in [3.8, 4) is 5.75 Å². The molecule has 138 valence electrons. The first kappa shape index (κ1) is 18.3. The van der Waals surface area contributed by atoms with Crippen LogP contribution in [0.5, 0.6) is 5.75 Å². The molecule has 0 unspecified atom stereocenters. The van der Waals surface area contributed by atoms with Gasteiger partial charge in [0.25, 0.3) is 5.56 Å². The minimum Gasteiger partial charge on any atom is -0.493 e. The predicted molar refractivity (Wildman–Crippen MR) is 99.1 cm³/mol. The number of nitrogens with one attached hydrogen (secondary N) is 1. The molecule has 0 radical (unpaired) electrons. The molecule has 0 aliphatic carbocycles. The SMILES string of the molecule is CCOc1ccc(C(C)=O)cc1COC(=O)c1n[nH]c(=O)c2ccccc12. The number of carbonyl (C=O) groups is 2. The summed E-state index contributed by atoms with van der Waals surface area (Å²) in [7, 11) is 0. The monoisotopic (exact) mass is 366 g/mol. The largest absolute Gasteiger partial charge is 0.493 e. The number of ether oxygens (including phenoxy) is 2. The Kier molecular flexibility index (Phi) is 5.30. The molecule has 3 rings (SSSR count). The van der Waals surface area contributed by atoms with Crippen LogP contribution in [0.25, 0.3) is 10.8 Å². The van der Waals surface area contributed by atoms with Gasteiger partial charge in [-0.05, 0) is 38.1 Å². The van der Waals surface area contributed by atoms with Crippen molar-refractivity contribution in [1.82, 2.24) is 10.2 Å². The van der Waals surface area contributed by atoms with Gasteiger partial charge >= 0.3 is 5.97 Å². The van der Waals surface area contributed by atoms with E-state index in [0.717, 1.165) is 0 Å². The number of nitrogens with zero attached hydrogens (tertiary/aromatic N) is 1. The van der Waals surface area contributed by atoms with Gasteiger partial charge in [0.15, 0.2) is 11.5 Å². The molecule has 0 fully saturated rings. The van der Waals surface area contributed by atoms with Crippen molar-refractivity contribution in [1.29, 1.82) is 0 Å². The summed E-state index contributed by atoms with van der Waals surface area (Å²) in [5, 5.41) is 6.89. The van der Waals surface area contributed by atoms with E-state index in [2.05, 4.69) is 10.2 Å². The molecular weight excluding hydrogens is 348 g/mol. The molecule has 7 nitrogen and oxygen atoms in total. The zero-order valence-corrected chi connectivity index (χ0v) is 14.9. The lowest BCUT2D eigenvalue weighted by Crippen LogP contribution is -2.16. The van der Waals surface area contributed by atoms with Gasteiger partial charge in [0, 0.05) is 16.5 Å². The smallest absolute Gasteiger partial charge is 0.359 e. The summed E-state index contributed by atoms with van der Waals surface area (Å²) in [6, 6.07) is 11.6. The van der Waals surface area contributed by atoms with Gasteiger partial charge in [0.2, 0.25) is 0 Å². The summed E-state index contributed by atoms with van der Waals surface area (Å²) in [5.74, 6) is -0.244. The fourth-order valence-electron chi connectivity index (χ4n) is 2.69. The highest BCUT2D eigenvalue weighted by Crippen LogP contribution is 2.22. The van der Waals surface area contributed by atoms with Gasteiger partial charge in [0.1, 0.15) is 12.4 Å². The molecule has 3 aromatic rings. The number of fused-ring (bicyclic) bond motifs is 1. The van der Waals surface area contributed by atoms with E-state index in [1.54, 1.807) is 42.5 Å². The van der Waals surface area contributed by atoms with E-state index in [4.69, 9.17) is 9.47 Å². The van der Waals surface area contributed by atoms with Gasteiger partial charge < -0.3 is 9.47 Å². The number of carbonyl (C=O) groups excluding carboxylic acids is 2. The average molecular weight is 366 g/mol. The van der Waals surface area contributed by atoms with Crippen LogP contribution in [0.1, 0.15) is 40.3 Å². The van der Waals surface area contributed by atoms with Gasteiger partial charge in [-0.1, -0.05) is 18.2 Å². The third-order valence-corrected chi connectivity index (χ3v) is 4.02. The van der Waals surface area contributed by atoms with Gasteiger partial charge in [-0.25, -0.2) is 9.89 Å². The topological polar surface area (TPSA) is 98.3 Å². The van der Waals surface area contributed by atoms with Crippen molar-refractivity contribution in [3.63, 3.8) is 0 Å². The number of hydrogen-bond acceptors (Lipinski definition) is 6. The molecule has 0 amide bonds. The van der Waals surface area contributed by atoms with Crippen molar-refractivity contribution in [2.45, 2.75) is 20.5 Å². The molecule has 0 bridgehead atoms. The van der Waals surface area contributed by atoms with Crippen LogP contribution in [0.3, 0.4) is 0 Å². The Morgan fingerprint density at radius 1 is 1.11 bits per heavy atom. The molecule has 0 saturated heterocycles. The second-order valence-corrected chi connectivity index (χ2v) is 5.83. The standard InChI is InChI=1S/C20H18N2O5/c1-3-26-17-9-8-13(12(2)23)10-14(17)11-27-20(25)18-15-6-4-5-7-16(15)19(24)22-21-18/h4-10H,3,11H2,1-2H3,(H,22,24). The molecular formula is C20H18N2O5. The summed E-state index contributed by atoms with van der Waals surface area (Å²) in [6.45, 7) is 3.64. The third kappa shape index (κ3) is 3.87. The maximum atomic E-state index is 12.5. The first-order valence-electron chi connectivity index (χ1n) is 8.42. The number of ketones is 1. The predicted octanol–water partition coefficient (Wildman–Crippen LogP) is 2.88. The zero-order valence-electron chi connectivity index (χ0n) is 14.9. The number of esters is 1. The Balaban J connectivity index is 1.88. The van der Waals surface area contributed by atoms with Crippen molar-refractivity contribution in [2.24, 2.45) is 0 Å². The lowest BCUT2D eigenvalue weighted by Gasteiger charge is -2.12. The van der Waals surface area contributed by atoms with Crippen LogP contribution in [0.15, 0.2) is 47.3 Å². The molecule has 7 heteroatoms. The molecule has 0 aliphatic heterocycles. The highest BCUT2D eigenvalue weighted by Gasteiger charge is 2.17. The quantitative estimate of drug-likeness (QED) is 0.532. The lowest BCUT2D eigenvalue weighted by atomic mass is 10.1. The maximum Gasteiger partial charge on any atom is 0.359 e. The Hall–Kier alpha value is -3.48. The first-order chi connectivity index (χ1) is 13.0. The molecule has 1 heterocycles. The van der Waals surface area contributed by atoms with Crippen LogP contribution in [0.4, 0.5) is 0 Å². The van der Waals surface area contributed by atoms with E-state index in [9.17, 15) is 14.4 Å². The summed E-state index contributed by atoms with van der Waals surface area (Å²) in [6.07, 6.45) is 0. The van der Waals surface area contributed by atoms with Gasteiger partial charge in [-0.2, -0.15) is 5.10 Å². The first-order valence-corrected chi connectivity index (χ1v) is 8.42. The number of hydrogen-bond donors (Lipinski definition) is 1. The Labute approximate surface area is 154 Å². The molecule has 0 aliphatic rings. The normalized spacial score (nSPS) is 10.6. The number of benzene rings is 2. The van der Waals surface area contributed by atoms with Crippen LogP contribution < -0.4 is 10.3 Å². The van der Waals surface area contributed by atoms with E-state index in [0.29, 0.717) is 34.3 Å². The van der Waals surface area contributed by atoms with E-state index < -0.39 is 5.97 Å².